The predicted octanol–water partition coefficient (Wildman–Crippen LogP) is 3.57. The molecule has 1 aromatic rings. The average molecular weight is 322 g/mol. The summed E-state index contributed by atoms with van der Waals surface area (Å²) in [5.74, 6) is 0. The van der Waals surface area contributed by atoms with Crippen LogP contribution >= 0.6 is 43.2 Å². The van der Waals surface area contributed by atoms with E-state index in [2.05, 4.69) is 31.9 Å². The Hall–Kier alpha value is 0.480. The van der Waals surface area contributed by atoms with Gasteiger partial charge in [-0.3, -0.25) is 0 Å². The van der Waals surface area contributed by atoms with Crippen molar-refractivity contribution in [2.75, 3.05) is 0 Å². The van der Waals surface area contributed by atoms with E-state index in [-0.39, 0.29) is 4.88 Å². The molecular weight excluding hydrogens is 318 g/mol. The Morgan fingerprint density at radius 1 is 1.42 bits per heavy atom. The molecule has 1 atom stereocenters. The van der Waals surface area contributed by atoms with E-state index in [1.165, 1.54) is 6.07 Å². The Balaban J connectivity index is 2.89. The van der Waals surface area contributed by atoms with Crippen molar-refractivity contribution in [1.82, 2.24) is 0 Å². The molecule has 0 saturated heterocycles. The fraction of sp³-hybridized carbons (Fsp3) is 0.333. The molecule has 0 aliphatic heterocycles. The number of rotatable bonds is 2. The number of aliphatic hydroxyl groups is 1. The van der Waals surface area contributed by atoms with Crippen molar-refractivity contribution in [1.29, 1.82) is 0 Å². The molecule has 12 heavy (non-hydrogen) atoms. The minimum atomic E-state index is -2.73. The van der Waals surface area contributed by atoms with Gasteiger partial charge in [0.15, 0.2) is 0 Å². The Morgan fingerprint density at radius 3 is 2.33 bits per heavy atom. The van der Waals surface area contributed by atoms with Gasteiger partial charge in [0.25, 0.3) is 6.43 Å². The molecule has 1 aromatic heterocycles. The fourth-order valence-corrected chi connectivity index (χ4v) is 2.71. The molecule has 0 aromatic carbocycles. The molecule has 0 aliphatic rings. The van der Waals surface area contributed by atoms with Gasteiger partial charge in [-0.05, 0) is 37.9 Å². The van der Waals surface area contributed by atoms with Crippen LogP contribution in [0.15, 0.2) is 14.3 Å². The second-order valence-electron chi connectivity index (χ2n) is 2.05. The van der Waals surface area contributed by atoms with Gasteiger partial charge >= 0.3 is 0 Å². The van der Waals surface area contributed by atoms with Gasteiger partial charge in [-0.1, -0.05) is 0 Å². The molecule has 6 heteroatoms. The maximum Gasteiger partial charge on any atom is 0.269 e. The van der Waals surface area contributed by atoms with Gasteiger partial charge < -0.3 is 5.11 Å². The van der Waals surface area contributed by atoms with Crippen molar-refractivity contribution < 1.29 is 13.9 Å². The van der Waals surface area contributed by atoms with Crippen molar-refractivity contribution >= 4 is 43.2 Å². The minimum Gasteiger partial charge on any atom is -0.382 e. The van der Waals surface area contributed by atoms with Gasteiger partial charge in [0.1, 0.15) is 6.10 Å². The summed E-state index contributed by atoms with van der Waals surface area (Å²) < 4.78 is 25.4. The number of aliphatic hydroxyl groups excluding tert-OH is 1. The molecule has 1 heterocycles. The summed E-state index contributed by atoms with van der Waals surface area (Å²) in [5, 5.41) is 8.95. The summed E-state index contributed by atoms with van der Waals surface area (Å²) in [6.07, 6.45) is -4.42. The van der Waals surface area contributed by atoms with Gasteiger partial charge in [0, 0.05) is 9.35 Å². The number of hydrogen-bond acceptors (Lipinski definition) is 2. The third-order valence-electron chi connectivity index (χ3n) is 1.19. The van der Waals surface area contributed by atoms with E-state index in [0.717, 1.165) is 11.3 Å². The van der Waals surface area contributed by atoms with Gasteiger partial charge in [-0.15, -0.1) is 11.3 Å². The first-order valence-corrected chi connectivity index (χ1v) is 5.33. The standard InChI is InChI=1S/C6H4Br2F2OS/c7-2-1-3(12-5(2)8)4(11)6(9)10/h1,4,6,11H. The lowest BCUT2D eigenvalue weighted by molar-refractivity contribution is -0.00371. The van der Waals surface area contributed by atoms with Gasteiger partial charge in [-0.25, -0.2) is 8.78 Å². The third-order valence-corrected chi connectivity index (χ3v) is 4.52. The third kappa shape index (κ3) is 2.25. The SMILES string of the molecule is OC(c1cc(Br)c(Br)s1)C(F)F. The van der Waals surface area contributed by atoms with Crippen LogP contribution in [0.3, 0.4) is 0 Å². The average Bonchev–Trinajstić information content (AvgIpc) is 2.30. The molecule has 0 aliphatic carbocycles. The molecule has 1 nitrogen and oxygen atoms in total. The fourth-order valence-electron chi connectivity index (χ4n) is 0.633. The van der Waals surface area contributed by atoms with Crippen molar-refractivity contribution in [3.05, 3.63) is 19.2 Å². The Labute approximate surface area is 88.7 Å². The van der Waals surface area contributed by atoms with E-state index in [0.29, 0.717) is 8.26 Å². The maximum atomic E-state index is 12.0. The Kier molecular flexibility index (Phi) is 3.63. The van der Waals surface area contributed by atoms with Crippen molar-refractivity contribution in [2.45, 2.75) is 12.5 Å². The monoisotopic (exact) mass is 320 g/mol. The molecule has 0 amide bonds. The van der Waals surface area contributed by atoms with Crippen LogP contribution in [0.25, 0.3) is 0 Å². The van der Waals surface area contributed by atoms with E-state index in [1.807, 2.05) is 0 Å². The van der Waals surface area contributed by atoms with Crippen LogP contribution in [0.2, 0.25) is 0 Å². The molecule has 0 saturated carbocycles. The van der Waals surface area contributed by atoms with E-state index < -0.39 is 12.5 Å². The largest absolute Gasteiger partial charge is 0.382 e. The highest BCUT2D eigenvalue weighted by atomic mass is 79.9. The summed E-state index contributed by atoms with van der Waals surface area (Å²) in [6, 6.07) is 1.48. The summed E-state index contributed by atoms with van der Waals surface area (Å²) >= 11 is 7.38. The summed E-state index contributed by atoms with van der Waals surface area (Å²) in [6.45, 7) is 0. The van der Waals surface area contributed by atoms with Crippen molar-refractivity contribution in [3.8, 4) is 0 Å². The van der Waals surface area contributed by atoms with Gasteiger partial charge in [0.05, 0.1) is 3.79 Å². The lowest BCUT2D eigenvalue weighted by Crippen LogP contribution is -2.05. The van der Waals surface area contributed by atoms with E-state index >= 15 is 0 Å². The predicted molar refractivity (Wildman–Crippen MR) is 50.7 cm³/mol. The first-order valence-electron chi connectivity index (χ1n) is 2.93. The molecule has 1 rings (SSSR count). The second-order valence-corrected chi connectivity index (χ2v) is 5.31. The van der Waals surface area contributed by atoms with Gasteiger partial charge in [0.2, 0.25) is 0 Å². The number of halogens is 4. The molecule has 68 valence electrons. The zero-order valence-electron chi connectivity index (χ0n) is 5.60. The highest BCUT2D eigenvalue weighted by Gasteiger charge is 2.21. The molecule has 1 N–H and O–H groups in total. The van der Waals surface area contributed by atoms with E-state index in [1.54, 1.807) is 0 Å². The summed E-state index contributed by atoms with van der Waals surface area (Å²) in [7, 11) is 0. The quantitative estimate of drug-likeness (QED) is 0.883. The molecule has 1 unspecified atom stereocenters. The van der Waals surface area contributed by atoms with Crippen LogP contribution in [0.4, 0.5) is 8.78 Å². The Bertz CT molecular complexity index is 257. The molecular formula is C6H4Br2F2OS. The van der Waals surface area contributed by atoms with Crippen LogP contribution < -0.4 is 0 Å². The highest BCUT2D eigenvalue weighted by Crippen LogP contribution is 2.36. The topological polar surface area (TPSA) is 20.2 Å². The first kappa shape index (κ1) is 10.6. The second kappa shape index (κ2) is 4.13. The zero-order valence-corrected chi connectivity index (χ0v) is 9.59. The molecule has 0 radical (unpaired) electrons. The van der Waals surface area contributed by atoms with Crippen LogP contribution in [-0.4, -0.2) is 11.5 Å². The smallest absolute Gasteiger partial charge is 0.269 e. The van der Waals surface area contributed by atoms with Crippen LogP contribution in [0, 0.1) is 0 Å². The molecule has 0 bridgehead atoms. The van der Waals surface area contributed by atoms with Gasteiger partial charge in [-0.2, -0.15) is 0 Å². The zero-order chi connectivity index (χ0) is 9.30. The lowest BCUT2D eigenvalue weighted by Gasteiger charge is -2.04. The van der Waals surface area contributed by atoms with Crippen LogP contribution in [0.1, 0.15) is 11.0 Å². The normalized spacial score (nSPS) is 13.8. The molecule has 0 fully saturated rings. The van der Waals surface area contributed by atoms with Crippen LogP contribution in [0.5, 0.6) is 0 Å². The number of hydrogen-bond donors (Lipinski definition) is 1. The minimum absolute atomic E-state index is 0.253. The number of alkyl halides is 2. The molecule has 0 spiro atoms. The first-order chi connectivity index (χ1) is 5.52. The Morgan fingerprint density at radius 2 is 2.00 bits per heavy atom. The van der Waals surface area contributed by atoms with Crippen molar-refractivity contribution in [3.63, 3.8) is 0 Å². The van der Waals surface area contributed by atoms with E-state index in [4.69, 9.17) is 5.11 Å². The van der Waals surface area contributed by atoms with Crippen molar-refractivity contribution in [2.24, 2.45) is 0 Å². The highest BCUT2D eigenvalue weighted by molar-refractivity contribution is 9.13. The van der Waals surface area contributed by atoms with E-state index in [9.17, 15) is 8.78 Å². The van der Waals surface area contributed by atoms with Crippen LogP contribution in [-0.2, 0) is 0 Å². The maximum absolute atomic E-state index is 12.0. The summed E-state index contributed by atoms with van der Waals surface area (Å²) in [4.78, 5) is 0.253. The lowest BCUT2D eigenvalue weighted by atomic mass is 10.3. The number of thiophene rings is 1. The summed E-state index contributed by atoms with van der Waals surface area (Å²) in [5.41, 5.74) is 0.